The average molecular weight is 287 g/mol. The van der Waals surface area contributed by atoms with E-state index in [0.29, 0.717) is 29.4 Å². The molecule has 0 radical (unpaired) electrons. The van der Waals surface area contributed by atoms with Crippen molar-refractivity contribution in [2.75, 3.05) is 19.0 Å². The SMILES string of the molecule is CCOc1cccc(NC(=O)c2ccc(OC)c(O)c2)c1. The molecule has 5 heteroatoms. The number of nitrogens with one attached hydrogen (secondary N) is 1. The molecule has 0 heterocycles. The van der Waals surface area contributed by atoms with Gasteiger partial charge in [0.1, 0.15) is 5.75 Å². The molecule has 0 unspecified atom stereocenters. The number of hydrogen-bond acceptors (Lipinski definition) is 4. The Balaban J connectivity index is 2.14. The minimum absolute atomic E-state index is 0.0757. The van der Waals surface area contributed by atoms with Crippen molar-refractivity contribution in [1.29, 1.82) is 0 Å². The molecule has 5 nitrogen and oxygen atoms in total. The van der Waals surface area contributed by atoms with Crippen molar-refractivity contribution in [3.63, 3.8) is 0 Å². The van der Waals surface area contributed by atoms with Crippen LogP contribution < -0.4 is 14.8 Å². The molecule has 0 aliphatic rings. The minimum atomic E-state index is -0.318. The quantitative estimate of drug-likeness (QED) is 0.887. The van der Waals surface area contributed by atoms with Gasteiger partial charge >= 0.3 is 0 Å². The number of phenols is 1. The second-order valence-electron chi connectivity index (χ2n) is 4.30. The fraction of sp³-hybridized carbons (Fsp3) is 0.188. The van der Waals surface area contributed by atoms with Crippen LogP contribution >= 0.6 is 0 Å². The highest BCUT2D eigenvalue weighted by Crippen LogP contribution is 2.26. The van der Waals surface area contributed by atoms with E-state index in [1.165, 1.54) is 13.2 Å². The predicted molar refractivity (Wildman–Crippen MR) is 80.2 cm³/mol. The van der Waals surface area contributed by atoms with Gasteiger partial charge in [0.05, 0.1) is 13.7 Å². The lowest BCUT2D eigenvalue weighted by atomic mass is 10.2. The van der Waals surface area contributed by atoms with Gasteiger partial charge in [0.2, 0.25) is 0 Å². The van der Waals surface area contributed by atoms with Gasteiger partial charge < -0.3 is 19.9 Å². The standard InChI is InChI=1S/C16H17NO4/c1-3-21-13-6-4-5-12(10-13)17-16(19)11-7-8-15(20-2)14(18)9-11/h4-10,18H,3H2,1-2H3,(H,17,19). The van der Waals surface area contributed by atoms with E-state index in [9.17, 15) is 9.90 Å². The molecule has 0 aliphatic carbocycles. The van der Waals surface area contributed by atoms with Crippen molar-refractivity contribution in [3.8, 4) is 17.2 Å². The molecule has 0 fully saturated rings. The number of methoxy groups -OCH3 is 1. The van der Waals surface area contributed by atoms with Gasteiger partial charge in [-0.25, -0.2) is 0 Å². The van der Waals surface area contributed by atoms with Gasteiger partial charge in [-0.15, -0.1) is 0 Å². The van der Waals surface area contributed by atoms with Gasteiger partial charge in [0, 0.05) is 17.3 Å². The average Bonchev–Trinajstić information content (AvgIpc) is 2.48. The number of ether oxygens (including phenoxy) is 2. The van der Waals surface area contributed by atoms with Crippen LogP contribution in [0.4, 0.5) is 5.69 Å². The van der Waals surface area contributed by atoms with Gasteiger partial charge in [0.15, 0.2) is 11.5 Å². The Kier molecular flexibility index (Phi) is 4.66. The van der Waals surface area contributed by atoms with Crippen LogP contribution in [0.5, 0.6) is 17.2 Å². The molecule has 110 valence electrons. The summed E-state index contributed by atoms with van der Waals surface area (Å²) in [7, 11) is 1.45. The van der Waals surface area contributed by atoms with Crippen molar-refractivity contribution >= 4 is 11.6 Å². The van der Waals surface area contributed by atoms with E-state index in [2.05, 4.69) is 5.32 Å². The van der Waals surface area contributed by atoms with Crippen molar-refractivity contribution in [2.45, 2.75) is 6.92 Å². The normalized spacial score (nSPS) is 10.0. The Morgan fingerprint density at radius 1 is 1.24 bits per heavy atom. The minimum Gasteiger partial charge on any atom is -0.504 e. The number of amides is 1. The molecule has 0 saturated carbocycles. The van der Waals surface area contributed by atoms with E-state index in [-0.39, 0.29) is 11.7 Å². The number of hydrogen-bond donors (Lipinski definition) is 2. The maximum Gasteiger partial charge on any atom is 0.255 e. The summed E-state index contributed by atoms with van der Waals surface area (Å²) >= 11 is 0. The highest BCUT2D eigenvalue weighted by Gasteiger charge is 2.10. The summed E-state index contributed by atoms with van der Waals surface area (Å²) in [6, 6.07) is 11.6. The largest absolute Gasteiger partial charge is 0.504 e. The lowest BCUT2D eigenvalue weighted by Gasteiger charge is -2.09. The molecular weight excluding hydrogens is 270 g/mol. The van der Waals surface area contributed by atoms with Crippen molar-refractivity contribution in [2.24, 2.45) is 0 Å². The third-order valence-electron chi connectivity index (χ3n) is 2.84. The van der Waals surface area contributed by atoms with Crippen LogP contribution in [0.3, 0.4) is 0 Å². The molecule has 0 saturated heterocycles. The first kappa shape index (κ1) is 14.7. The second kappa shape index (κ2) is 6.65. The molecule has 0 aromatic heterocycles. The third kappa shape index (κ3) is 3.66. The van der Waals surface area contributed by atoms with Gasteiger partial charge in [-0.2, -0.15) is 0 Å². The zero-order valence-corrected chi connectivity index (χ0v) is 11.9. The maximum absolute atomic E-state index is 12.1. The second-order valence-corrected chi connectivity index (χ2v) is 4.30. The van der Waals surface area contributed by atoms with Crippen LogP contribution in [-0.4, -0.2) is 24.7 Å². The van der Waals surface area contributed by atoms with Crippen LogP contribution in [0.25, 0.3) is 0 Å². The number of phenolic OH excluding ortho intramolecular Hbond substituents is 1. The number of carbonyl (C=O) groups excluding carboxylic acids is 1. The predicted octanol–water partition coefficient (Wildman–Crippen LogP) is 3.05. The summed E-state index contributed by atoms with van der Waals surface area (Å²) < 4.78 is 10.3. The van der Waals surface area contributed by atoms with Gasteiger partial charge in [-0.05, 0) is 37.3 Å². The Morgan fingerprint density at radius 3 is 2.71 bits per heavy atom. The Labute approximate surface area is 123 Å². The molecule has 0 spiro atoms. The highest BCUT2D eigenvalue weighted by atomic mass is 16.5. The van der Waals surface area contributed by atoms with Gasteiger partial charge in [-0.1, -0.05) is 6.07 Å². The van der Waals surface area contributed by atoms with Gasteiger partial charge in [-0.3, -0.25) is 4.79 Å². The first-order valence-corrected chi connectivity index (χ1v) is 6.55. The molecule has 21 heavy (non-hydrogen) atoms. The topological polar surface area (TPSA) is 67.8 Å². The number of aromatic hydroxyl groups is 1. The molecular formula is C16H17NO4. The molecule has 2 aromatic rings. The molecule has 2 aromatic carbocycles. The molecule has 1 amide bonds. The fourth-order valence-corrected chi connectivity index (χ4v) is 1.86. The molecule has 2 rings (SSSR count). The maximum atomic E-state index is 12.1. The molecule has 0 aliphatic heterocycles. The smallest absolute Gasteiger partial charge is 0.255 e. The van der Waals surface area contributed by atoms with Crippen LogP contribution in [0.2, 0.25) is 0 Å². The van der Waals surface area contributed by atoms with Crippen LogP contribution in [0.1, 0.15) is 17.3 Å². The summed E-state index contributed by atoms with van der Waals surface area (Å²) in [6.07, 6.45) is 0. The summed E-state index contributed by atoms with van der Waals surface area (Å²) in [5.41, 5.74) is 0.969. The summed E-state index contributed by atoms with van der Waals surface area (Å²) in [5.74, 6) is 0.618. The first-order valence-electron chi connectivity index (χ1n) is 6.55. The lowest BCUT2D eigenvalue weighted by Crippen LogP contribution is -2.11. The Hall–Kier alpha value is -2.69. The lowest BCUT2D eigenvalue weighted by molar-refractivity contribution is 0.102. The Bertz CT molecular complexity index is 640. The van der Waals surface area contributed by atoms with E-state index in [1.54, 1.807) is 30.3 Å². The van der Waals surface area contributed by atoms with E-state index < -0.39 is 0 Å². The number of benzene rings is 2. The monoisotopic (exact) mass is 287 g/mol. The van der Waals surface area contributed by atoms with Crippen LogP contribution in [0, 0.1) is 0 Å². The summed E-state index contributed by atoms with van der Waals surface area (Å²) in [6.45, 7) is 2.45. The van der Waals surface area contributed by atoms with Crippen LogP contribution in [0.15, 0.2) is 42.5 Å². The zero-order valence-electron chi connectivity index (χ0n) is 11.9. The molecule has 0 bridgehead atoms. The van der Waals surface area contributed by atoms with Crippen molar-refractivity contribution in [1.82, 2.24) is 0 Å². The first-order chi connectivity index (χ1) is 10.1. The van der Waals surface area contributed by atoms with E-state index >= 15 is 0 Å². The van der Waals surface area contributed by atoms with Crippen molar-refractivity contribution in [3.05, 3.63) is 48.0 Å². The van der Waals surface area contributed by atoms with E-state index in [0.717, 1.165) is 0 Å². The highest BCUT2D eigenvalue weighted by molar-refractivity contribution is 6.04. The number of rotatable bonds is 5. The summed E-state index contributed by atoms with van der Waals surface area (Å²) in [4.78, 5) is 12.1. The van der Waals surface area contributed by atoms with Gasteiger partial charge in [0.25, 0.3) is 5.91 Å². The fourth-order valence-electron chi connectivity index (χ4n) is 1.86. The zero-order chi connectivity index (χ0) is 15.2. The Morgan fingerprint density at radius 2 is 2.05 bits per heavy atom. The molecule has 2 N–H and O–H groups in total. The third-order valence-corrected chi connectivity index (χ3v) is 2.84. The number of carbonyl (C=O) groups is 1. The van der Waals surface area contributed by atoms with Crippen LogP contribution in [-0.2, 0) is 0 Å². The number of anilines is 1. The molecule has 0 atom stereocenters. The van der Waals surface area contributed by atoms with Crippen molar-refractivity contribution < 1.29 is 19.4 Å². The van der Waals surface area contributed by atoms with E-state index in [1.807, 2.05) is 13.0 Å². The summed E-state index contributed by atoms with van der Waals surface area (Å²) in [5, 5.41) is 12.4. The van der Waals surface area contributed by atoms with E-state index in [4.69, 9.17) is 9.47 Å².